The summed E-state index contributed by atoms with van der Waals surface area (Å²) in [6.07, 6.45) is 0. The van der Waals surface area contributed by atoms with E-state index in [9.17, 15) is 9.59 Å². The number of hydrogen-bond acceptors (Lipinski definition) is 6. The Morgan fingerprint density at radius 1 is 1.44 bits per heavy atom. The van der Waals surface area contributed by atoms with Gasteiger partial charge < -0.3 is 19.4 Å². The molecule has 1 aliphatic heterocycles. The molecule has 0 bridgehead atoms. The number of aromatic nitrogens is 1. The molecule has 0 radical (unpaired) electrons. The number of carbonyl (C=O) groups excluding carboxylic acids is 2. The van der Waals surface area contributed by atoms with Gasteiger partial charge in [0, 0.05) is 45.1 Å². The minimum atomic E-state index is -0.477. The van der Waals surface area contributed by atoms with Crippen LogP contribution in [-0.2, 0) is 20.9 Å². The molecule has 1 aromatic rings. The molecule has 2 amide bonds. The molecule has 25 heavy (non-hydrogen) atoms. The number of rotatable bonds is 6. The maximum absolute atomic E-state index is 12.9. The van der Waals surface area contributed by atoms with E-state index in [1.54, 1.807) is 28.2 Å². The van der Waals surface area contributed by atoms with Crippen molar-refractivity contribution in [1.82, 2.24) is 19.7 Å². The molecule has 0 N–H and O–H groups in total. The summed E-state index contributed by atoms with van der Waals surface area (Å²) >= 11 is 1.62. The van der Waals surface area contributed by atoms with Crippen molar-refractivity contribution in [1.29, 1.82) is 0 Å². The fourth-order valence-corrected chi connectivity index (χ4v) is 3.70. The smallest absolute Gasteiger partial charge is 0.249 e. The quantitative estimate of drug-likeness (QED) is 0.750. The second-order valence-electron chi connectivity index (χ2n) is 6.82. The van der Waals surface area contributed by atoms with Gasteiger partial charge in [-0.3, -0.25) is 9.59 Å². The third-order valence-corrected chi connectivity index (χ3v) is 5.49. The predicted octanol–water partition coefficient (Wildman–Crippen LogP) is 1.01. The zero-order valence-electron chi connectivity index (χ0n) is 15.7. The SMILES string of the molecule is COCC(=O)N1CCN(C)C[C@@H]1C(=O)N(C)Cc1csc(C(C)C)n1. The molecule has 1 aliphatic rings. The highest BCUT2D eigenvalue weighted by atomic mass is 32.1. The number of ether oxygens (including phenoxy) is 1. The lowest BCUT2D eigenvalue weighted by Gasteiger charge is -2.40. The maximum Gasteiger partial charge on any atom is 0.249 e. The Labute approximate surface area is 153 Å². The first-order chi connectivity index (χ1) is 11.8. The molecule has 0 unspecified atom stereocenters. The maximum atomic E-state index is 12.9. The van der Waals surface area contributed by atoms with Crippen LogP contribution >= 0.6 is 11.3 Å². The number of likely N-dealkylation sites (N-methyl/N-ethyl adjacent to an activating group) is 2. The molecule has 140 valence electrons. The van der Waals surface area contributed by atoms with Crippen LogP contribution in [-0.4, -0.2) is 85.0 Å². The highest BCUT2D eigenvalue weighted by Crippen LogP contribution is 2.20. The van der Waals surface area contributed by atoms with Crippen molar-refractivity contribution in [3.63, 3.8) is 0 Å². The van der Waals surface area contributed by atoms with E-state index in [4.69, 9.17) is 4.74 Å². The summed E-state index contributed by atoms with van der Waals surface area (Å²) in [6.45, 7) is 6.50. The van der Waals surface area contributed by atoms with Crippen LogP contribution < -0.4 is 0 Å². The Balaban J connectivity index is 2.07. The van der Waals surface area contributed by atoms with Crippen molar-refractivity contribution in [3.8, 4) is 0 Å². The third-order valence-electron chi connectivity index (χ3n) is 4.30. The van der Waals surface area contributed by atoms with E-state index in [-0.39, 0.29) is 18.4 Å². The van der Waals surface area contributed by atoms with Crippen molar-refractivity contribution in [3.05, 3.63) is 16.1 Å². The van der Waals surface area contributed by atoms with Crippen LogP contribution in [0.1, 0.15) is 30.5 Å². The van der Waals surface area contributed by atoms with Gasteiger partial charge in [-0.1, -0.05) is 13.8 Å². The van der Waals surface area contributed by atoms with E-state index in [1.807, 2.05) is 12.4 Å². The monoisotopic (exact) mass is 368 g/mol. The summed E-state index contributed by atoms with van der Waals surface area (Å²) in [5, 5.41) is 3.07. The molecule has 2 heterocycles. The molecule has 0 aromatic carbocycles. The Hall–Kier alpha value is -1.51. The molecule has 1 atom stereocenters. The van der Waals surface area contributed by atoms with Gasteiger partial charge in [-0.25, -0.2) is 4.98 Å². The summed E-state index contributed by atoms with van der Waals surface area (Å²) < 4.78 is 4.95. The van der Waals surface area contributed by atoms with Crippen LogP contribution in [0.5, 0.6) is 0 Å². The number of nitrogens with zero attached hydrogens (tertiary/aromatic N) is 4. The molecule has 0 saturated carbocycles. The molecule has 0 spiro atoms. The second kappa shape index (κ2) is 8.73. The van der Waals surface area contributed by atoms with Gasteiger partial charge in [-0.15, -0.1) is 11.3 Å². The van der Waals surface area contributed by atoms with E-state index in [0.717, 1.165) is 17.2 Å². The Kier molecular flexibility index (Phi) is 6.92. The van der Waals surface area contributed by atoms with Gasteiger partial charge in [-0.05, 0) is 7.05 Å². The highest BCUT2D eigenvalue weighted by molar-refractivity contribution is 7.09. The predicted molar refractivity (Wildman–Crippen MR) is 97.6 cm³/mol. The molecule has 1 saturated heterocycles. The van der Waals surface area contributed by atoms with Crippen molar-refractivity contribution >= 4 is 23.2 Å². The van der Waals surface area contributed by atoms with Gasteiger partial charge in [-0.2, -0.15) is 0 Å². The molecular formula is C17H28N4O3S. The van der Waals surface area contributed by atoms with Gasteiger partial charge in [0.25, 0.3) is 0 Å². The van der Waals surface area contributed by atoms with Crippen LogP contribution in [0.2, 0.25) is 0 Å². The third kappa shape index (κ3) is 4.99. The lowest BCUT2D eigenvalue weighted by atomic mass is 10.1. The fraction of sp³-hybridized carbons (Fsp3) is 0.706. The van der Waals surface area contributed by atoms with E-state index in [1.165, 1.54) is 7.11 Å². The molecule has 2 rings (SSSR count). The summed E-state index contributed by atoms with van der Waals surface area (Å²) in [6, 6.07) is -0.477. The number of amides is 2. The van der Waals surface area contributed by atoms with Crippen LogP contribution in [0.3, 0.4) is 0 Å². The van der Waals surface area contributed by atoms with Gasteiger partial charge in [0.2, 0.25) is 11.8 Å². The second-order valence-corrected chi connectivity index (χ2v) is 7.71. The van der Waals surface area contributed by atoms with Crippen molar-refractivity contribution in [2.45, 2.75) is 32.4 Å². The molecule has 0 aliphatic carbocycles. The molecule has 8 heteroatoms. The van der Waals surface area contributed by atoms with E-state index < -0.39 is 6.04 Å². The average molecular weight is 369 g/mol. The number of thiazole rings is 1. The van der Waals surface area contributed by atoms with Crippen LogP contribution in [0.25, 0.3) is 0 Å². The number of carbonyl (C=O) groups is 2. The van der Waals surface area contributed by atoms with Gasteiger partial charge in [0.05, 0.1) is 17.2 Å². The Morgan fingerprint density at radius 2 is 2.16 bits per heavy atom. The average Bonchev–Trinajstić information content (AvgIpc) is 3.03. The van der Waals surface area contributed by atoms with Crippen molar-refractivity contribution in [2.24, 2.45) is 0 Å². The first kappa shape index (κ1) is 19.8. The van der Waals surface area contributed by atoms with Gasteiger partial charge in [0.15, 0.2) is 0 Å². The van der Waals surface area contributed by atoms with Crippen LogP contribution in [0.4, 0.5) is 0 Å². The largest absolute Gasteiger partial charge is 0.375 e. The topological polar surface area (TPSA) is 66.0 Å². The van der Waals surface area contributed by atoms with E-state index in [0.29, 0.717) is 25.6 Å². The van der Waals surface area contributed by atoms with E-state index >= 15 is 0 Å². The number of hydrogen-bond donors (Lipinski definition) is 0. The van der Waals surface area contributed by atoms with Crippen molar-refractivity contribution in [2.75, 3.05) is 47.4 Å². The summed E-state index contributed by atoms with van der Waals surface area (Å²) in [4.78, 5) is 35.2. The minimum absolute atomic E-state index is 0.00103. The zero-order valence-corrected chi connectivity index (χ0v) is 16.5. The van der Waals surface area contributed by atoms with Gasteiger partial charge in [0.1, 0.15) is 12.6 Å². The van der Waals surface area contributed by atoms with Crippen LogP contribution in [0.15, 0.2) is 5.38 Å². The Morgan fingerprint density at radius 3 is 2.76 bits per heavy atom. The zero-order chi connectivity index (χ0) is 18.6. The van der Waals surface area contributed by atoms with E-state index in [2.05, 4.69) is 23.7 Å². The highest BCUT2D eigenvalue weighted by Gasteiger charge is 2.35. The summed E-state index contributed by atoms with van der Waals surface area (Å²) in [5.41, 5.74) is 0.892. The lowest BCUT2D eigenvalue weighted by molar-refractivity contribution is -0.150. The lowest BCUT2D eigenvalue weighted by Crippen LogP contribution is -2.60. The molecule has 1 fully saturated rings. The number of piperazine rings is 1. The summed E-state index contributed by atoms with van der Waals surface area (Å²) in [5.74, 6) is 0.183. The van der Waals surface area contributed by atoms with Crippen LogP contribution in [0, 0.1) is 0 Å². The summed E-state index contributed by atoms with van der Waals surface area (Å²) in [7, 11) is 5.23. The normalized spacial score (nSPS) is 18.6. The molecule has 1 aromatic heterocycles. The number of methoxy groups -OCH3 is 1. The first-order valence-corrected chi connectivity index (χ1v) is 9.37. The minimum Gasteiger partial charge on any atom is -0.375 e. The fourth-order valence-electron chi connectivity index (χ4n) is 2.87. The Bertz CT molecular complexity index is 604. The molecule has 7 nitrogen and oxygen atoms in total. The molecular weight excluding hydrogens is 340 g/mol. The standard InChI is InChI=1S/C17H28N4O3S/c1-12(2)16-18-13(11-25-16)8-20(4)17(23)14-9-19(3)6-7-21(14)15(22)10-24-5/h11-12,14H,6-10H2,1-5H3/t14-/m1/s1. The first-order valence-electron chi connectivity index (χ1n) is 8.49. The van der Waals surface area contributed by atoms with Crippen molar-refractivity contribution < 1.29 is 14.3 Å². The van der Waals surface area contributed by atoms with Gasteiger partial charge >= 0.3 is 0 Å².